The van der Waals surface area contributed by atoms with Crippen molar-refractivity contribution < 1.29 is 22.7 Å². The van der Waals surface area contributed by atoms with Gasteiger partial charge in [0, 0.05) is 18.2 Å². The lowest BCUT2D eigenvalue weighted by atomic mass is 10.1. The summed E-state index contributed by atoms with van der Waals surface area (Å²) in [6.07, 6.45) is 4.46. The number of nitrogen functional groups attached to an aromatic ring is 1. The number of sulfone groups is 1. The summed E-state index contributed by atoms with van der Waals surface area (Å²) in [5.74, 6) is 8.05. The third kappa shape index (κ3) is 5.06. The summed E-state index contributed by atoms with van der Waals surface area (Å²) in [5, 5.41) is 8.74. The van der Waals surface area contributed by atoms with Crippen molar-refractivity contribution in [3.63, 3.8) is 0 Å². The molecular formula is C21H29N5O5S2. The maximum atomic E-state index is 13.2. The number of methoxy groups -OCH3 is 2. The quantitative estimate of drug-likeness (QED) is 0.430. The molecule has 1 unspecified atom stereocenters. The first-order valence-corrected chi connectivity index (χ1v) is 13.7. The van der Waals surface area contributed by atoms with Crippen molar-refractivity contribution in [2.75, 3.05) is 37.3 Å². The Kier molecular flexibility index (Phi) is 7.03. The fourth-order valence-electron chi connectivity index (χ4n) is 4.63. The van der Waals surface area contributed by atoms with E-state index in [2.05, 4.69) is 10.2 Å². The molecule has 1 atom stereocenters. The van der Waals surface area contributed by atoms with Gasteiger partial charge in [-0.15, -0.1) is 10.2 Å². The molecule has 1 saturated heterocycles. The lowest BCUT2D eigenvalue weighted by Crippen LogP contribution is -2.47. The minimum atomic E-state index is -3.08. The summed E-state index contributed by atoms with van der Waals surface area (Å²) in [7, 11) is 0.0329. The van der Waals surface area contributed by atoms with Gasteiger partial charge in [-0.1, -0.05) is 24.6 Å². The van der Waals surface area contributed by atoms with Gasteiger partial charge in [0.1, 0.15) is 11.5 Å². The maximum Gasteiger partial charge on any atom is 0.233 e. The van der Waals surface area contributed by atoms with E-state index in [1.165, 1.54) is 16.4 Å². The molecule has 10 nitrogen and oxygen atoms in total. The van der Waals surface area contributed by atoms with Gasteiger partial charge in [-0.3, -0.25) is 4.79 Å². The Bertz CT molecular complexity index is 1110. The zero-order chi connectivity index (χ0) is 23.6. The number of nitrogens with two attached hydrogens (primary N) is 1. The maximum absolute atomic E-state index is 13.2. The Hall–Kier alpha value is -2.47. The standard InChI is InChI=1S/C21H29N5O5S2/c1-30-16-7-8-17(18(11-16)31-2)20-23-24-21(26(20)22)32-12-19(27)25(14-5-3-4-6-14)15-9-10-33(28,29)13-15/h7-8,11,14-15H,3-6,9-10,12-13,22H2,1-2H3. The second kappa shape index (κ2) is 9.80. The first kappa shape index (κ1) is 23.7. The van der Waals surface area contributed by atoms with Crippen molar-refractivity contribution in [1.29, 1.82) is 0 Å². The second-order valence-electron chi connectivity index (χ2n) is 8.33. The predicted octanol–water partition coefficient (Wildman–Crippen LogP) is 1.73. The summed E-state index contributed by atoms with van der Waals surface area (Å²) < 4.78 is 36.1. The number of hydrogen-bond acceptors (Lipinski definition) is 9. The van der Waals surface area contributed by atoms with Gasteiger partial charge in [0.25, 0.3) is 0 Å². The van der Waals surface area contributed by atoms with Gasteiger partial charge in [-0.05, 0) is 31.4 Å². The molecule has 12 heteroatoms. The Balaban J connectivity index is 1.49. The molecule has 2 aliphatic rings. The topological polar surface area (TPSA) is 130 Å². The highest BCUT2D eigenvalue weighted by molar-refractivity contribution is 7.99. The van der Waals surface area contributed by atoms with E-state index in [0.717, 1.165) is 25.7 Å². The number of thioether (sulfide) groups is 1. The van der Waals surface area contributed by atoms with Crippen LogP contribution in [0.15, 0.2) is 23.4 Å². The van der Waals surface area contributed by atoms with E-state index in [1.807, 2.05) is 4.90 Å². The average Bonchev–Trinajstić information content (AvgIpc) is 3.53. The van der Waals surface area contributed by atoms with Crippen molar-refractivity contribution >= 4 is 27.5 Å². The molecule has 1 amide bonds. The van der Waals surface area contributed by atoms with Crippen molar-refractivity contribution in [2.24, 2.45) is 0 Å². The van der Waals surface area contributed by atoms with Crippen LogP contribution in [-0.2, 0) is 14.6 Å². The highest BCUT2D eigenvalue weighted by atomic mass is 32.2. The smallest absolute Gasteiger partial charge is 0.233 e. The Labute approximate surface area is 197 Å². The number of ether oxygens (including phenoxy) is 2. The van der Waals surface area contributed by atoms with Crippen LogP contribution >= 0.6 is 11.8 Å². The molecule has 1 aromatic heterocycles. The van der Waals surface area contributed by atoms with Gasteiger partial charge in [0.2, 0.25) is 11.1 Å². The van der Waals surface area contributed by atoms with Gasteiger partial charge in [0.05, 0.1) is 37.0 Å². The molecule has 2 N–H and O–H groups in total. The molecule has 0 bridgehead atoms. The van der Waals surface area contributed by atoms with E-state index < -0.39 is 9.84 Å². The molecule has 33 heavy (non-hydrogen) atoms. The van der Waals surface area contributed by atoms with Crippen LogP contribution in [0.4, 0.5) is 0 Å². The number of rotatable bonds is 8. The number of carbonyl (C=O) groups is 1. The van der Waals surface area contributed by atoms with Crippen LogP contribution in [0.3, 0.4) is 0 Å². The van der Waals surface area contributed by atoms with Crippen LogP contribution in [0.1, 0.15) is 32.1 Å². The molecule has 2 heterocycles. The first-order chi connectivity index (χ1) is 15.8. The number of amides is 1. The molecule has 2 fully saturated rings. The lowest BCUT2D eigenvalue weighted by molar-refractivity contribution is -0.132. The number of hydrogen-bond donors (Lipinski definition) is 1. The van der Waals surface area contributed by atoms with Crippen molar-refractivity contribution in [3.8, 4) is 22.9 Å². The Morgan fingerprint density at radius 2 is 1.94 bits per heavy atom. The summed E-state index contributed by atoms with van der Waals surface area (Å²) in [6, 6.07) is 5.15. The van der Waals surface area contributed by atoms with Crippen molar-refractivity contribution in [1.82, 2.24) is 19.8 Å². The summed E-state index contributed by atoms with van der Waals surface area (Å²) >= 11 is 1.20. The molecule has 1 aromatic carbocycles. The molecule has 0 radical (unpaired) electrons. The number of carbonyl (C=O) groups excluding carboxylic acids is 1. The van der Waals surface area contributed by atoms with Crippen molar-refractivity contribution in [3.05, 3.63) is 18.2 Å². The average molecular weight is 496 g/mol. The van der Waals surface area contributed by atoms with Gasteiger partial charge in [0.15, 0.2) is 15.7 Å². The van der Waals surface area contributed by atoms with E-state index >= 15 is 0 Å². The van der Waals surface area contributed by atoms with E-state index in [0.29, 0.717) is 34.5 Å². The Morgan fingerprint density at radius 1 is 1.18 bits per heavy atom. The van der Waals surface area contributed by atoms with Crippen molar-refractivity contribution in [2.45, 2.75) is 49.3 Å². The van der Waals surface area contributed by atoms with Gasteiger partial charge >= 0.3 is 0 Å². The van der Waals surface area contributed by atoms with E-state index in [1.54, 1.807) is 32.4 Å². The van der Waals surface area contributed by atoms with Gasteiger partial charge < -0.3 is 20.2 Å². The third-order valence-corrected chi connectivity index (χ3v) is 8.92. The molecule has 0 spiro atoms. The normalized spacial score (nSPS) is 20.1. The molecule has 2 aromatic rings. The molecule has 1 aliphatic heterocycles. The highest BCUT2D eigenvalue weighted by Gasteiger charge is 2.39. The number of aromatic nitrogens is 3. The lowest BCUT2D eigenvalue weighted by Gasteiger charge is -2.34. The zero-order valence-electron chi connectivity index (χ0n) is 18.8. The van der Waals surface area contributed by atoms with Crippen LogP contribution in [-0.4, -0.2) is 77.7 Å². The summed E-state index contributed by atoms with van der Waals surface area (Å²) in [6.45, 7) is 0. The molecular weight excluding hydrogens is 466 g/mol. The van der Waals surface area contributed by atoms with E-state index in [4.69, 9.17) is 15.3 Å². The largest absolute Gasteiger partial charge is 0.497 e. The van der Waals surface area contributed by atoms with Crippen LogP contribution < -0.4 is 15.3 Å². The van der Waals surface area contributed by atoms with Crippen LogP contribution in [0.5, 0.6) is 11.5 Å². The number of nitrogens with zero attached hydrogens (tertiary/aromatic N) is 4. The first-order valence-electron chi connectivity index (χ1n) is 10.9. The molecule has 180 valence electrons. The van der Waals surface area contributed by atoms with Crippen LogP contribution in [0.25, 0.3) is 11.4 Å². The summed E-state index contributed by atoms with van der Waals surface area (Å²) in [4.78, 5) is 15.1. The van der Waals surface area contributed by atoms with E-state index in [9.17, 15) is 13.2 Å². The third-order valence-electron chi connectivity index (χ3n) is 6.25. The van der Waals surface area contributed by atoms with Crippen LogP contribution in [0, 0.1) is 0 Å². The highest BCUT2D eigenvalue weighted by Crippen LogP contribution is 2.34. The molecule has 1 aliphatic carbocycles. The van der Waals surface area contributed by atoms with E-state index in [-0.39, 0.29) is 35.2 Å². The number of benzene rings is 1. The summed E-state index contributed by atoms with van der Waals surface area (Å²) in [5.41, 5.74) is 0.648. The van der Waals surface area contributed by atoms with Gasteiger partial charge in [-0.25, -0.2) is 13.1 Å². The Morgan fingerprint density at radius 3 is 2.58 bits per heavy atom. The zero-order valence-corrected chi connectivity index (χ0v) is 20.4. The predicted molar refractivity (Wildman–Crippen MR) is 126 cm³/mol. The molecule has 1 saturated carbocycles. The minimum Gasteiger partial charge on any atom is -0.497 e. The fraction of sp³-hybridized carbons (Fsp3) is 0.571. The molecule has 4 rings (SSSR count). The minimum absolute atomic E-state index is 0.0500. The van der Waals surface area contributed by atoms with Crippen LogP contribution in [0.2, 0.25) is 0 Å². The fourth-order valence-corrected chi connectivity index (χ4v) is 7.06. The SMILES string of the molecule is COc1ccc(-c2nnc(SCC(=O)N(C3CCCC3)C3CCS(=O)(=O)C3)n2N)c(OC)c1. The second-order valence-corrected chi connectivity index (χ2v) is 11.5. The van der Waals surface area contributed by atoms with Gasteiger partial charge in [-0.2, -0.15) is 0 Å². The monoisotopic (exact) mass is 495 g/mol.